The first-order valence-corrected chi connectivity index (χ1v) is 5.05. The summed E-state index contributed by atoms with van der Waals surface area (Å²) >= 11 is 0. The molecule has 2 atom stereocenters. The van der Waals surface area contributed by atoms with Gasteiger partial charge in [0, 0.05) is 12.0 Å². The molecule has 0 aromatic carbocycles. The molecule has 0 bridgehead atoms. The monoisotopic (exact) mass is 184 g/mol. The van der Waals surface area contributed by atoms with E-state index in [2.05, 4.69) is 12.2 Å². The molecule has 0 aromatic rings. The maximum atomic E-state index is 10.9. The first kappa shape index (κ1) is 10.5. The lowest BCUT2D eigenvalue weighted by Gasteiger charge is -2.39. The highest BCUT2D eigenvalue weighted by atomic mass is 16.1. The van der Waals surface area contributed by atoms with Gasteiger partial charge in [0.15, 0.2) is 0 Å². The largest absolute Gasteiger partial charge is 0.370 e. The van der Waals surface area contributed by atoms with Crippen LogP contribution in [0.4, 0.5) is 0 Å². The van der Waals surface area contributed by atoms with E-state index in [1.54, 1.807) is 0 Å². The number of hydrogen-bond donors (Lipinski definition) is 2. The zero-order chi connectivity index (χ0) is 9.90. The quantitative estimate of drug-likeness (QED) is 0.688. The summed E-state index contributed by atoms with van der Waals surface area (Å²) in [6.07, 6.45) is 5.12. The third-order valence-electron chi connectivity index (χ3n) is 3.13. The molecule has 13 heavy (non-hydrogen) atoms. The molecule has 0 heterocycles. The second kappa shape index (κ2) is 4.09. The van der Waals surface area contributed by atoms with Crippen molar-refractivity contribution < 1.29 is 4.79 Å². The van der Waals surface area contributed by atoms with Gasteiger partial charge >= 0.3 is 0 Å². The van der Waals surface area contributed by atoms with E-state index in [1.165, 1.54) is 12.8 Å². The van der Waals surface area contributed by atoms with Crippen LogP contribution in [0, 0.1) is 5.92 Å². The number of hydrogen-bond acceptors (Lipinski definition) is 2. The van der Waals surface area contributed by atoms with Crippen molar-refractivity contribution in [2.45, 2.75) is 44.6 Å². The van der Waals surface area contributed by atoms with Crippen molar-refractivity contribution in [2.75, 3.05) is 7.05 Å². The fourth-order valence-electron chi connectivity index (χ4n) is 2.47. The Bertz CT molecular complexity index is 193. The second-order valence-electron chi connectivity index (χ2n) is 4.37. The molecule has 1 saturated carbocycles. The average molecular weight is 184 g/mol. The Morgan fingerprint density at radius 3 is 2.85 bits per heavy atom. The minimum atomic E-state index is -0.191. The third kappa shape index (κ3) is 2.69. The maximum absolute atomic E-state index is 10.9. The molecule has 3 heteroatoms. The summed E-state index contributed by atoms with van der Waals surface area (Å²) < 4.78 is 0. The van der Waals surface area contributed by atoms with Gasteiger partial charge in [0.2, 0.25) is 5.91 Å². The van der Waals surface area contributed by atoms with Gasteiger partial charge in [-0.05, 0) is 25.8 Å². The van der Waals surface area contributed by atoms with Crippen LogP contribution in [0.2, 0.25) is 0 Å². The number of nitrogens with one attached hydrogen (secondary N) is 1. The van der Waals surface area contributed by atoms with Crippen molar-refractivity contribution in [3.63, 3.8) is 0 Å². The summed E-state index contributed by atoms with van der Waals surface area (Å²) in [5, 5.41) is 3.28. The van der Waals surface area contributed by atoms with Crippen molar-refractivity contribution in [3.05, 3.63) is 0 Å². The van der Waals surface area contributed by atoms with Gasteiger partial charge in [-0.25, -0.2) is 0 Å². The molecule has 1 fully saturated rings. The molecule has 1 aliphatic carbocycles. The van der Waals surface area contributed by atoms with Crippen LogP contribution in [0.5, 0.6) is 0 Å². The molecule has 3 nitrogen and oxygen atoms in total. The Morgan fingerprint density at radius 2 is 2.38 bits per heavy atom. The molecular weight excluding hydrogens is 164 g/mol. The van der Waals surface area contributed by atoms with E-state index in [9.17, 15) is 4.79 Å². The van der Waals surface area contributed by atoms with Crippen LogP contribution in [-0.4, -0.2) is 18.5 Å². The third-order valence-corrected chi connectivity index (χ3v) is 3.13. The molecule has 0 aromatic heterocycles. The summed E-state index contributed by atoms with van der Waals surface area (Å²) in [7, 11) is 1.93. The SMILES string of the molecule is CNC1(CC(N)=O)CCCC(C)C1. The van der Waals surface area contributed by atoms with Gasteiger partial charge in [0.25, 0.3) is 0 Å². The molecule has 0 aliphatic heterocycles. The Kier molecular flexibility index (Phi) is 3.31. The molecule has 2 unspecified atom stereocenters. The number of nitrogens with two attached hydrogens (primary N) is 1. The summed E-state index contributed by atoms with van der Waals surface area (Å²) in [5.74, 6) is 0.518. The number of primary amides is 1. The van der Waals surface area contributed by atoms with E-state index in [4.69, 9.17) is 5.73 Å². The Morgan fingerprint density at radius 1 is 1.69 bits per heavy atom. The van der Waals surface area contributed by atoms with E-state index in [0.29, 0.717) is 12.3 Å². The Hall–Kier alpha value is -0.570. The molecule has 76 valence electrons. The fraction of sp³-hybridized carbons (Fsp3) is 0.900. The molecule has 1 amide bonds. The highest BCUT2D eigenvalue weighted by molar-refractivity contribution is 5.75. The van der Waals surface area contributed by atoms with Crippen molar-refractivity contribution in [3.8, 4) is 0 Å². The van der Waals surface area contributed by atoms with Crippen molar-refractivity contribution in [2.24, 2.45) is 11.7 Å². The predicted octanol–water partition coefficient (Wildman–Crippen LogP) is 1.03. The summed E-state index contributed by atoms with van der Waals surface area (Å²) in [5.41, 5.74) is 5.24. The lowest BCUT2D eigenvalue weighted by molar-refractivity contribution is -0.119. The topological polar surface area (TPSA) is 55.1 Å². The smallest absolute Gasteiger partial charge is 0.219 e. The van der Waals surface area contributed by atoms with Gasteiger partial charge in [-0.2, -0.15) is 0 Å². The van der Waals surface area contributed by atoms with Gasteiger partial charge in [-0.15, -0.1) is 0 Å². The molecular formula is C10H20N2O. The Labute approximate surface area is 80.1 Å². The number of carbonyl (C=O) groups is 1. The normalized spacial score (nSPS) is 34.5. The minimum Gasteiger partial charge on any atom is -0.370 e. The zero-order valence-corrected chi connectivity index (χ0v) is 8.60. The van der Waals surface area contributed by atoms with Crippen LogP contribution in [0.25, 0.3) is 0 Å². The minimum absolute atomic E-state index is 0.0104. The van der Waals surface area contributed by atoms with Crippen LogP contribution in [0.1, 0.15) is 39.0 Å². The van der Waals surface area contributed by atoms with Gasteiger partial charge < -0.3 is 11.1 Å². The molecule has 0 spiro atoms. The number of rotatable bonds is 3. The zero-order valence-electron chi connectivity index (χ0n) is 8.60. The lowest BCUT2D eigenvalue weighted by atomic mass is 9.74. The summed E-state index contributed by atoms with van der Waals surface area (Å²) in [6, 6.07) is 0. The van der Waals surface area contributed by atoms with E-state index in [0.717, 1.165) is 12.8 Å². The Balaban J connectivity index is 2.61. The average Bonchev–Trinajstić information content (AvgIpc) is 2.03. The van der Waals surface area contributed by atoms with Gasteiger partial charge in [0.1, 0.15) is 0 Å². The van der Waals surface area contributed by atoms with Gasteiger partial charge in [0.05, 0.1) is 0 Å². The van der Waals surface area contributed by atoms with Crippen molar-refractivity contribution in [1.29, 1.82) is 0 Å². The first-order chi connectivity index (χ1) is 6.08. The van der Waals surface area contributed by atoms with Crippen molar-refractivity contribution in [1.82, 2.24) is 5.32 Å². The van der Waals surface area contributed by atoms with E-state index >= 15 is 0 Å². The van der Waals surface area contributed by atoms with Crippen LogP contribution in [-0.2, 0) is 4.79 Å². The molecule has 1 rings (SSSR count). The van der Waals surface area contributed by atoms with E-state index in [1.807, 2.05) is 7.05 Å². The molecule has 0 radical (unpaired) electrons. The van der Waals surface area contributed by atoms with Crippen LogP contribution >= 0.6 is 0 Å². The maximum Gasteiger partial charge on any atom is 0.219 e. The standard InChI is InChI=1S/C10H20N2O/c1-8-4-3-5-10(6-8,12-2)7-9(11)13/h8,12H,3-7H2,1-2H3,(H2,11,13). The second-order valence-corrected chi connectivity index (χ2v) is 4.37. The fourth-order valence-corrected chi connectivity index (χ4v) is 2.47. The van der Waals surface area contributed by atoms with Gasteiger partial charge in [-0.3, -0.25) is 4.79 Å². The van der Waals surface area contributed by atoms with Crippen LogP contribution < -0.4 is 11.1 Å². The van der Waals surface area contributed by atoms with E-state index in [-0.39, 0.29) is 11.4 Å². The van der Waals surface area contributed by atoms with Gasteiger partial charge in [-0.1, -0.05) is 19.8 Å². The van der Waals surface area contributed by atoms with E-state index < -0.39 is 0 Å². The number of amides is 1. The molecule has 3 N–H and O–H groups in total. The van der Waals surface area contributed by atoms with Crippen molar-refractivity contribution >= 4 is 5.91 Å². The highest BCUT2D eigenvalue weighted by Gasteiger charge is 2.34. The summed E-state index contributed by atoms with van der Waals surface area (Å²) in [6.45, 7) is 2.24. The van der Waals surface area contributed by atoms with Crippen LogP contribution in [0.3, 0.4) is 0 Å². The lowest BCUT2D eigenvalue weighted by Crippen LogP contribution is -2.49. The predicted molar refractivity (Wildman–Crippen MR) is 53.2 cm³/mol. The first-order valence-electron chi connectivity index (χ1n) is 5.05. The number of carbonyl (C=O) groups excluding carboxylic acids is 1. The summed E-state index contributed by atoms with van der Waals surface area (Å²) in [4.78, 5) is 10.9. The highest BCUT2D eigenvalue weighted by Crippen LogP contribution is 2.34. The van der Waals surface area contributed by atoms with Crippen LogP contribution in [0.15, 0.2) is 0 Å². The molecule has 1 aliphatic rings. The molecule has 0 saturated heterocycles.